The van der Waals surface area contributed by atoms with Crippen molar-refractivity contribution in [2.24, 2.45) is 5.73 Å². The Morgan fingerprint density at radius 2 is 1.00 bits per heavy atom. The third-order valence-corrected chi connectivity index (χ3v) is 8.46. The average molecular weight is 842 g/mol. The molecule has 0 saturated carbocycles. The summed E-state index contributed by atoms with van der Waals surface area (Å²) in [5.41, 5.74) is 6.19. The number of nitrogens with zero attached hydrogens (tertiary/aromatic N) is 1. The number of carbonyl (C=O) groups is 5. The number of nitrogens with one attached hydrogen (secondary N) is 3. The number of primary amides is 1. The first-order valence-electron chi connectivity index (χ1n) is 19.8. The Labute approximate surface area is 362 Å². The maximum Gasteiger partial charge on any atom is 0.415 e. The molecule has 0 radical (unpaired) electrons. The second-order valence-corrected chi connectivity index (χ2v) is 17.1. The van der Waals surface area contributed by atoms with Crippen LogP contribution in [-0.4, -0.2) is 51.9 Å². The van der Waals surface area contributed by atoms with Crippen molar-refractivity contribution in [1.82, 2.24) is 0 Å². The highest BCUT2D eigenvalue weighted by Crippen LogP contribution is 2.29. The number of nitrogens with two attached hydrogens (primary N) is 1. The molecule has 0 spiro atoms. The van der Waals surface area contributed by atoms with Gasteiger partial charge in [0, 0.05) is 39.4 Å². The lowest BCUT2D eigenvalue weighted by Gasteiger charge is -2.36. The second kappa shape index (κ2) is 20.2. The maximum atomic E-state index is 12.9. The van der Waals surface area contributed by atoms with Crippen molar-refractivity contribution in [2.45, 2.75) is 79.1 Å². The summed E-state index contributed by atoms with van der Waals surface area (Å²) in [6, 6.07) is 41.1. The molecule has 0 atom stereocenters. The van der Waals surface area contributed by atoms with E-state index in [2.05, 4.69) is 21.7 Å². The fraction of sp³-hybridized carbons (Fsp3) is 0.245. The number of benzene rings is 6. The topological polar surface area (TPSA) is 189 Å². The maximum absolute atomic E-state index is 12.9. The van der Waals surface area contributed by atoms with Crippen LogP contribution in [0.2, 0.25) is 0 Å². The molecule has 0 aliphatic heterocycles. The van der Waals surface area contributed by atoms with Crippen molar-refractivity contribution in [3.05, 3.63) is 145 Å². The summed E-state index contributed by atoms with van der Waals surface area (Å²) in [6.07, 6.45) is -2.26. The van der Waals surface area contributed by atoms with Gasteiger partial charge in [-0.1, -0.05) is 66.7 Å². The molecule has 6 aromatic carbocycles. The van der Waals surface area contributed by atoms with Crippen molar-refractivity contribution < 1.29 is 38.6 Å². The number of fused-ring (bicyclic) bond motifs is 2. The molecule has 0 aliphatic carbocycles. The minimum absolute atomic E-state index is 0.177. The van der Waals surface area contributed by atoms with Crippen molar-refractivity contribution in [3.63, 3.8) is 0 Å². The van der Waals surface area contributed by atoms with Gasteiger partial charge >= 0.3 is 18.3 Å². The molecule has 0 saturated heterocycles. The van der Waals surface area contributed by atoms with Gasteiger partial charge in [0.1, 0.15) is 11.2 Å². The quantitative estimate of drug-likeness (QED) is 0.109. The Morgan fingerprint density at radius 1 is 0.532 bits per heavy atom. The summed E-state index contributed by atoms with van der Waals surface area (Å²) in [7, 11) is 0. The van der Waals surface area contributed by atoms with E-state index >= 15 is 0 Å². The molecular formula is C49H55N5O8. The molecule has 324 valence electrons. The van der Waals surface area contributed by atoms with Crippen LogP contribution in [0.1, 0.15) is 83.0 Å². The van der Waals surface area contributed by atoms with Crippen molar-refractivity contribution >= 4 is 74.4 Å². The molecule has 0 unspecified atom stereocenters. The molecule has 6 rings (SSSR count). The first-order valence-corrected chi connectivity index (χ1v) is 19.8. The first-order chi connectivity index (χ1) is 29.0. The molecule has 0 aliphatic rings. The molecule has 62 heavy (non-hydrogen) atoms. The van der Waals surface area contributed by atoms with Crippen LogP contribution in [-0.2, 0) is 9.47 Å². The van der Waals surface area contributed by atoms with E-state index in [0.717, 1.165) is 21.5 Å². The van der Waals surface area contributed by atoms with Gasteiger partial charge in [-0.3, -0.25) is 19.8 Å². The van der Waals surface area contributed by atoms with Gasteiger partial charge in [-0.05, 0) is 151 Å². The van der Waals surface area contributed by atoms with E-state index in [9.17, 15) is 19.2 Å². The highest BCUT2D eigenvalue weighted by atomic mass is 16.6. The minimum atomic E-state index is -1.33. The number of rotatable bonds is 6. The first kappa shape index (κ1) is 47.3. The minimum Gasteiger partial charge on any atom is -0.465 e. The van der Waals surface area contributed by atoms with E-state index in [1.54, 1.807) is 68.1 Å². The third kappa shape index (κ3) is 14.7. The SMILES string of the molecule is CC(C)(C)OC(=O)N(c1ccc(NC(=O)c2cccc3ccccc23)cc1)C(C)(C)C.CC(C)(C)OC(=O)Nc1ccc(NC(=O)c2ccc3ccccc3c2)cc1.NC(=O)O. The summed E-state index contributed by atoms with van der Waals surface area (Å²) in [6.45, 7) is 16.8. The normalized spacial score (nSPS) is 11.1. The Balaban J connectivity index is 0.000000253. The van der Waals surface area contributed by atoms with Gasteiger partial charge in [0.05, 0.1) is 0 Å². The van der Waals surface area contributed by atoms with E-state index in [1.807, 2.05) is 133 Å². The Hall–Kier alpha value is -7.41. The lowest BCUT2D eigenvalue weighted by Crippen LogP contribution is -2.48. The number of hydrogen-bond donors (Lipinski definition) is 5. The molecule has 0 heterocycles. The third-order valence-electron chi connectivity index (χ3n) is 8.46. The summed E-state index contributed by atoms with van der Waals surface area (Å²) in [4.78, 5) is 60.3. The molecule has 5 amide bonds. The van der Waals surface area contributed by atoms with Crippen LogP contribution in [0.3, 0.4) is 0 Å². The monoisotopic (exact) mass is 841 g/mol. The lowest BCUT2D eigenvalue weighted by molar-refractivity contribution is 0.0548. The smallest absolute Gasteiger partial charge is 0.415 e. The van der Waals surface area contributed by atoms with E-state index < -0.39 is 35.0 Å². The van der Waals surface area contributed by atoms with E-state index in [4.69, 9.17) is 19.4 Å². The molecule has 0 fully saturated rings. The van der Waals surface area contributed by atoms with Crippen molar-refractivity contribution in [1.29, 1.82) is 0 Å². The largest absolute Gasteiger partial charge is 0.465 e. The van der Waals surface area contributed by atoms with Gasteiger partial charge in [0.2, 0.25) is 0 Å². The number of hydrogen-bond acceptors (Lipinski definition) is 7. The van der Waals surface area contributed by atoms with Gasteiger partial charge in [-0.15, -0.1) is 0 Å². The standard InChI is InChI=1S/C26H30N2O3.C22H22N2O3.CH3NO2/c1-25(2,3)28(24(30)31-26(4,5)6)20-16-14-19(15-17-20)27-23(29)22-13-9-11-18-10-7-8-12-21(18)22;1-22(2,3)27-21(26)24-19-12-10-18(11-13-19)23-20(25)17-9-8-15-6-4-5-7-16(15)14-17;2-1(3)4/h7-17H,1-6H3,(H,27,29);4-14H,1-3H3,(H,23,25)(H,24,26);2H2,(H,3,4). The van der Waals surface area contributed by atoms with Crippen LogP contribution in [0.15, 0.2) is 133 Å². The Morgan fingerprint density at radius 3 is 1.55 bits per heavy atom. The zero-order chi connectivity index (χ0) is 45.8. The molecular weight excluding hydrogens is 787 g/mol. The number of carboxylic acid groups (broad SMARTS) is 1. The molecule has 13 nitrogen and oxygen atoms in total. The van der Waals surface area contributed by atoms with Crippen LogP contribution < -0.4 is 26.6 Å². The number of anilines is 4. The highest BCUT2D eigenvalue weighted by Gasteiger charge is 2.32. The average Bonchev–Trinajstić information content (AvgIpc) is 3.17. The van der Waals surface area contributed by atoms with Crippen LogP contribution in [0.4, 0.5) is 37.1 Å². The van der Waals surface area contributed by atoms with Crippen LogP contribution in [0, 0.1) is 0 Å². The van der Waals surface area contributed by atoms with E-state index in [1.165, 1.54) is 0 Å². The van der Waals surface area contributed by atoms with E-state index in [-0.39, 0.29) is 11.8 Å². The van der Waals surface area contributed by atoms with Crippen molar-refractivity contribution in [2.75, 3.05) is 20.9 Å². The summed E-state index contributed by atoms with van der Waals surface area (Å²) in [5, 5.41) is 19.7. The number of ether oxygens (including phenoxy) is 2. The second-order valence-electron chi connectivity index (χ2n) is 17.1. The van der Waals surface area contributed by atoms with Gasteiger partial charge < -0.3 is 30.9 Å². The Bertz CT molecular complexity index is 2510. The lowest BCUT2D eigenvalue weighted by atomic mass is 10.0. The molecule has 13 heteroatoms. The molecule has 6 aromatic rings. The molecule has 0 aromatic heterocycles. The number of carbonyl (C=O) groups excluding carboxylic acids is 4. The molecule has 6 N–H and O–H groups in total. The van der Waals surface area contributed by atoms with E-state index in [0.29, 0.717) is 33.9 Å². The summed E-state index contributed by atoms with van der Waals surface area (Å²) in [5.74, 6) is -0.363. The zero-order valence-corrected chi connectivity index (χ0v) is 36.5. The van der Waals surface area contributed by atoms with Gasteiger partial charge in [0.25, 0.3) is 11.8 Å². The molecule has 0 bridgehead atoms. The van der Waals surface area contributed by atoms with Gasteiger partial charge in [-0.25, -0.2) is 14.4 Å². The van der Waals surface area contributed by atoms with Gasteiger partial charge in [0.15, 0.2) is 0 Å². The fourth-order valence-corrected chi connectivity index (χ4v) is 5.98. The Kier molecular flexibility index (Phi) is 15.4. The summed E-state index contributed by atoms with van der Waals surface area (Å²) < 4.78 is 10.8. The highest BCUT2D eigenvalue weighted by molar-refractivity contribution is 6.13. The number of amides is 5. The van der Waals surface area contributed by atoms with Crippen molar-refractivity contribution in [3.8, 4) is 0 Å². The summed E-state index contributed by atoms with van der Waals surface area (Å²) >= 11 is 0. The zero-order valence-electron chi connectivity index (χ0n) is 36.5. The fourth-order valence-electron chi connectivity index (χ4n) is 5.98. The van der Waals surface area contributed by atoms with Crippen LogP contribution >= 0.6 is 0 Å². The predicted molar refractivity (Wildman–Crippen MR) is 247 cm³/mol. The van der Waals surface area contributed by atoms with Gasteiger partial charge in [-0.2, -0.15) is 0 Å². The van der Waals surface area contributed by atoms with Crippen LogP contribution in [0.5, 0.6) is 0 Å². The van der Waals surface area contributed by atoms with Crippen LogP contribution in [0.25, 0.3) is 21.5 Å². The predicted octanol–water partition coefficient (Wildman–Crippen LogP) is 11.7.